The summed E-state index contributed by atoms with van der Waals surface area (Å²) in [7, 11) is 0. The zero-order chi connectivity index (χ0) is 15.6. The van der Waals surface area contributed by atoms with Crippen LogP contribution >= 0.6 is 11.3 Å². The molecule has 1 aromatic heterocycles. The van der Waals surface area contributed by atoms with Crippen LogP contribution in [0.3, 0.4) is 0 Å². The molecule has 1 aliphatic heterocycles. The lowest BCUT2D eigenvalue weighted by Gasteiger charge is -2.10. The van der Waals surface area contributed by atoms with Crippen molar-refractivity contribution in [3.05, 3.63) is 59.1 Å². The minimum Gasteiger partial charge on any atom is -0.480 e. The zero-order valence-corrected chi connectivity index (χ0v) is 13.3. The molecule has 4 rings (SSSR count). The van der Waals surface area contributed by atoms with Crippen LogP contribution in [0.15, 0.2) is 48.5 Å². The molecular weight excluding hydrogens is 308 g/mol. The van der Waals surface area contributed by atoms with E-state index in [1.807, 2.05) is 42.5 Å². The van der Waals surface area contributed by atoms with Gasteiger partial charge in [0.05, 0.1) is 15.2 Å². The number of rotatable bonds is 4. The molecule has 1 unspecified atom stereocenters. The van der Waals surface area contributed by atoms with Gasteiger partial charge in [-0.25, -0.2) is 4.98 Å². The first-order valence-corrected chi connectivity index (χ1v) is 8.48. The maximum Gasteiger partial charge on any atom is 0.261 e. The Morgan fingerprint density at radius 3 is 2.91 bits per heavy atom. The maximum absolute atomic E-state index is 12.2. The summed E-state index contributed by atoms with van der Waals surface area (Å²) in [4.78, 5) is 16.8. The zero-order valence-electron chi connectivity index (χ0n) is 12.5. The van der Waals surface area contributed by atoms with E-state index in [-0.39, 0.29) is 5.91 Å². The van der Waals surface area contributed by atoms with Crippen LogP contribution in [0.2, 0.25) is 0 Å². The van der Waals surface area contributed by atoms with Gasteiger partial charge in [0.15, 0.2) is 6.10 Å². The first-order chi connectivity index (χ1) is 11.3. The highest BCUT2D eigenvalue weighted by Gasteiger charge is 2.28. The van der Waals surface area contributed by atoms with Crippen molar-refractivity contribution in [3.8, 4) is 5.75 Å². The van der Waals surface area contributed by atoms with Gasteiger partial charge in [-0.1, -0.05) is 30.3 Å². The number of fused-ring (bicyclic) bond motifs is 2. The normalized spacial score (nSPS) is 16.1. The number of thiazole rings is 1. The molecule has 1 aliphatic rings. The number of ether oxygens (including phenoxy) is 1. The standard InChI is InChI=1S/C18H16N2O2S/c21-18(15-11-12-5-1-3-7-14(12)22-15)19-10-9-17-20-13-6-2-4-8-16(13)23-17/h1-8,15H,9-11H2,(H,19,21). The van der Waals surface area contributed by atoms with Gasteiger partial charge in [-0.05, 0) is 23.8 Å². The van der Waals surface area contributed by atoms with Crippen LogP contribution in [0.1, 0.15) is 10.6 Å². The predicted octanol–water partition coefficient (Wildman–Crippen LogP) is 2.96. The van der Waals surface area contributed by atoms with Crippen LogP contribution in [-0.4, -0.2) is 23.5 Å². The number of benzene rings is 2. The van der Waals surface area contributed by atoms with Crippen molar-refractivity contribution in [3.63, 3.8) is 0 Å². The van der Waals surface area contributed by atoms with Crippen LogP contribution in [0.25, 0.3) is 10.2 Å². The van der Waals surface area contributed by atoms with Crippen molar-refractivity contribution < 1.29 is 9.53 Å². The summed E-state index contributed by atoms with van der Waals surface area (Å²) >= 11 is 1.68. The van der Waals surface area contributed by atoms with Crippen molar-refractivity contribution in [2.45, 2.75) is 18.9 Å². The summed E-state index contributed by atoms with van der Waals surface area (Å²) in [5, 5.41) is 4.00. The first-order valence-electron chi connectivity index (χ1n) is 7.66. The summed E-state index contributed by atoms with van der Waals surface area (Å²) in [5.41, 5.74) is 2.12. The Morgan fingerprint density at radius 1 is 1.22 bits per heavy atom. The van der Waals surface area contributed by atoms with Gasteiger partial charge in [0, 0.05) is 19.4 Å². The van der Waals surface area contributed by atoms with E-state index in [0.29, 0.717) is 13.0 Å². The predicted molar refractivity (Wildman–Crippen MR) is 90.9 cm³/mol. The van der Waals surface area contributed by atoms with Gasteiger partial charge in [-0.3, -0.25) is 4.79 Å². The molecule has 23 heavy (non-hydrogen) atoms. The highest BCUT2D eigenvalue weighted by Crippen LogP contribution is 2.28. The average Bonchev–Trinajstić information content (AvgIpc) is 3.18. The quantitative estimate of drug-likeness (QED) is 0.803. The Balaban J connectivity index is 1.32. The Hall–Kier alpha value is -2.40. The molecule has 5 heteroatoms. The number of carbonyl (C=O) groups is 1. The van der Waals surface area contributed by atoms with Crippen LogP contribution in [0, 0.1) is 0 Å². The van der Waals surface area contributed by atoms with Crippen molar-refractivity contribution in [2.75, 3.05) is 6.54 Å². The Bertz CT molecular complexity index is 801. The second kappa shape index (κ2) is 6.01. The Kier molecular flexibility index (Phi) is 3.71. The van der Waals surface area contributed by atoms with Gasteiger partial charge in [0.25, 0.3) is 5.91 Å². The number of carbonyl (C=O) groups excluding carboxylic acids is 1. The SMILES string of the molecule is O=C(NCCc1nc2ccccc2s1)C1Cc2ccccc2O1. The van der Waals surface area contributed by atoms with E-state index < -0.39 is 6.10 Å². The molecule has 0 saturated heterocycles. The van der Waals surface area contributed by atoms with Gasteiger partial charge >= 0.3 is 0 Å². The molecule has 4 nitrogen and oxygen atoms in total. The molecule has 0 saturated carbocycles. The Morgan fingerprint density at radius 2 is 2.04 bits per heavy atom. The van der Waals surface area contributed by atoms with E-state index in [1.165, 1.54) is 4.70 Å². The fourth-order valence-electron chi connectivity index (χ4n) is 2.76. The van der Waals surface area contributed by atoms with E-state index in [4.69, 9.17) is 4.74 Å². The molecule has 0 fully saturated rings. The molecule has 0 spiro atoms. The molecule has 116 valence electrons. The van der Waals surface area contributed by atoms with Crippen molar-refractivity contribution in [2.24, 2.45) is 0 Å². The number of hydrogen-bond acceptors (Lipinski definition) is 4. The molecule has 1 amide bonds. The molecule has 0 bridgehead atoms. The van der Waals surface area contributed by atoms with Crippen molar-refractivity contribution >= 4 is 27.5 Å². The van der Waals surface area contributed by atoms with Gasteiger partial charge < -0.3 is 10.1 Å². The van der Waals surface area contributed by atoms with Crippen molar-refractivity contribution in [1.82, 2.24) is 10.3 Å². The number of aromatic nitrogens is 1. The van der Waals surface area contributed by atoms with E-state index in [2.05, 4.69) is 16.4 Å². The second-order valence-electron chi connectivity index (χ2n) is 5.53. The smallest absolute Gasteiger partial charge is 0.261 e. The van der Waals surface area contributed by atoms with Crippen LogP contribution in [0.4, 0.5) is 0 Å². The molecule has 1 N–H and O–H groups in total. The average molecular weight is 324 g/mol. The largest absolute Gasteiger partial charge is 0.480 e. The summed E-state index contributed by atoms with van der Waals surface area (Å²) < 4.78 is 6.88. The van der Waals surface area contributed by atoms with Crippen LogP contribution in [-0.2, 0) is 17.6 Å². The van der Waals surface area contributed by atoms with E-state index in [9.17, 15) is 4.79 Å². The molecule has 1 atom stereocenters. The Labute approximate surface area is 138 Å². The highest BCUT2D eigenvalue weighted by atomic mass is 32.1. The molecule has 2 aromatic carbocycles. The maximum atomic E-state index is 12.2. The third kappa shape index (κ3) is 2.92. The third-order valence-electron chi connectivity index (χ3n) is 3.92. The van der Waals surface area contributed by atoms with Crippen molar-refractivity contribution in [1.29, 1.82) is 0 Å². The molecule has 3 aromatic rings. The molecule has 2 heterocycles. The minimum atomic E-state index is -0.414. The summed E-state index contributed by atoms with van der Waals surface area (Å²) in [6, 6.07) is 15.9. The lowest BCUT2D eigenvalue weighted by atomic mass is 10.1. The molecule has 0 aliphatic carbocycles. The van der Waals surface area contributed by atoms with Gasteiger partial charge in [0.2, 0.25) is 0 Å². The van der Waals surface area contributed by atoms with E-state index in [1.54, 1.807) is 11.3 Å². The number of nitrogens with one attached hydrogen (secondary N) is 1. The number of amides is 1. The number of para-hydroxylation sites is 2. The summed E-state index contributed by atoms with van der Waals surface area (Å²) in [6.45, 7) is 0.578. The second-order valence-corrected chi connectivity index (χ2v) is 6.65. The monoisotopic (exact) mass is 324 g/mol. The third-order valence-corrected chi connectivity index (χ3v) is 5.01. The van der Waals surface area contributed by atoms with E-state index in [0.717, 1.165) is 28.3 Å². The van der Waals surface area contributed by atoms with Crippen LogP contribution < -0.4 is 10.1 Å². The van der Waals surface area contributed by atoms with E-state index >= 15 is 0 Å². The highest BCUT2D eigenvalue weighted by molar-refractivity contribution is 7.18. The summed E-state index contributed by atoms with van der Waals surface area (Å²) in [6.07, 6.45) is 0.969. The van der Waals surface area contributed by atoms with Gasteiger partial charge in [-0.15, -0.1) is 11.3 Å². The first kappa shape index (κ1) is 14.2. The fourth-order valence-corrected chi connectivity index (χ4v) is 3.73. The lowest BCUT2D eigenvalue weighted by molar-refractivity contribution is -0.127. The van der Waals surface area contributed by atoms with Crippen LogP contribution in [0.5, 0.6) is 5.75 Å². The molecular formula is C18H16N2O2S. The lowest BCUT2D eigenvalue weighted by Crippen LogP contribution is -2.38. The summed E-state index contributed by atoms with van der Waals surface area (Å²) in [5.74, 6) is 0.765. The molecule has 0 radical (unpaired) electrons. The van der Waals surface area contributed by atoms with Gasteiger partial charge in [-0.2, -0.15) is 0 Å². The van der Waals surface area contributed by atoms with Gasteiger partial charge in [0.1, 0.15) is 5.75 Å². The number of hydrogen-bond donors (Lipinski definition) is 1. The fraction of sp³-hybridized carbons (Fsp3) is 0.222. The number of nitrogens with zero attached hydrogens (tertiary/aromatic N) is 1. The minimum absolute atomic E-state index is 0.0534. The topological polar surface area (TPSA) is 51.2 Å².